The summed E-state index contributed by atoms with van der Waals surface area (Å²) in [5, 5.41) is 0.519. The van der Waals surface area contributed by atoms with Crippen molar-refractivity contribution in [3.8, 4) is 10.9 Å². The first kappa shape index (κ1) is 11.3. The van der Waals surface area contributed by atoms with Gasteiger partial charge in [-0.15, -0.1) is 0 Å². The molecule has 2 rings (SSSR count). The minimum Gasteiger partial charge on any atom is -0.428 e. The Balaban J connectivity index is 2.20. The molecule has 0 aliphatic rings. The monoisotopic (exact) mass is 299 g/mol. The van der Waals surface area contributed by atoms with Crippen LogP contribution in [0.15, 0.2) is 22.7 Å². The van der Waals surface area contributed by atoms with Gasteiger partial charge in [-0.2, -0.15) is 9.36 Å². The fourth-order valence-corrected chi connectivity index (χ4v) is 2.13. The Morgan fingerprint density at radius 2 is 2.31 bits per heavy atom. The molecule has 0 unspecified atom stereocenters. The van der Waals surface area contributed by atoms with Gasteiger partial charge in [0.1, 0.15) is 5.82 Å². The predicted molar refractivity (Wildman–Crippen MR) is 67.9 cm³/mol. The van der Waals surface area contributed by atoms with Gasteiger partial charge >= 0.3 is 0 Å². The highest BCUT2D eigenvalue weighted by molar-refractivity contribution is 9.10. The van der Waals surface area contributed by atoms with Gasteiger partial charge in [0.15, 0.2) is 5.75 Å². The fraction of sp³-hybridized carbons (Fsp3) is 0.200. The van der Waals surface area contributed by atoms with Crippen LogP contribution in [-0.2, 0) is 6.42 Å². The number of hydrogen-bond acceptors (Lipinski definition) is 5. The van der Waals surface area contributed by atoms with Gasteiger partial charge in [0.2, 0.25) is 0 Å². The van der Waals surface area contributed by atoms with Crippen molar-refractivity contribution in [3.63, 3.8) is 0 Å². The molecule has 0 aliphatic carbocycles. The van der Waals surface area contributed by atoms with E-state index in [0.29, 0.717) is 16.6 Å². The van der Waals surface area contributed by atoms with Gasteiger partial charge in [0.05, 0.1) is 5.69 Å². The summed E-state index contributed by atoms with van der Waals surface area (Å²) < 4.78 is 10.6. The molecular weight excluding hydrogens is 290 g/mol. The van der Waals surface area contributed by atoms with Crippen LogP contribution >= 0.6 is 27.5 Å². The van der Waals surface area contributed by atoms with Crippen LogP contribution in [0.2, 0.25) is 0 Å². The van der Waals surface area contributed by atoms with Gasteiger partial charge in [-0.1, -0.05) is 22.9 Å². The highest BCUT2D eigenvalue weighted by atomic mass is 79.9. The maximum absolute atomic E-state index is 5.81. The van der Waals surface area contributed by atoms with Crippen molar-refractivity contribution in [1.29, 1.82) is 0 Å². The lowest BCUT2D eigenvalue weighted by atomic mass is 10.3. The highest BCUT2D eigenvalue weighted by Gasteiger charge is 2.07. The number of halogens is 1. The molecule has 0 fully saturated rings. The molecule has 0 bridgehead atoms. The van der Waals surface area contributed by atoms with E-state index in [1.807, 2.05) is 13.0 Å². The zero-order valence-electron chi connectivity index (χ0n) is 8.61. The first-order chi connectivity index (χ1) is 7.69. The Bertz CT molecular complexity index is 501. The Morgan fingerprint density at radius 1 is 1.50 bits per heavy atom. The minimum atomic E-state index is 0.519. The van der Waals surface area contributed by atoms with Crippen molar-refractivity contribution in [2.75, 3.05) is 5.73 Å². The maximum Gasteiger partial charge on any atom is 0.298 e. The molecule has 6 heteroatoms. The van der Waals surface area contributed by atoms with Crippen LogP contribution in [0.4, 0.5) is 5.69 Å². The summed E-state index contributed by atoms with van der Waals surface area (Å²) in [6.45, 7) is 2.00. The lowest BCUT2D eigenvalue weighted by Crippen LogP contribution is -1.92. The Morgan fingerprint density at radius 3 is 2.94 bits per heavy atom. The van der Waals surface area contributed by atoms with E-state index in [-0.39, 0.29) is 0 Å². The summed E-state index contributed by atoms with van der Waals surface area (Å²) in [6, 6.07) is 5.46. The second-order valence-corrected chi connectivity index (χ2v) is 4.74. The van der Waals surface area contributed by atoms with Gasteiger partial charge in [-0.3, -0.25) is 0 Å². The van der Waals surface area contributed by atoms with Gasteiger partial charge in [0, 0.05) is 22.4 Å². The Kier molecular flexibility index (Phi) is 3.40. The van der Waals surface area contributed by atoms with Gasteiger partial charge in [0.25, 0.3) is 5.19 Å². The number of benzene rings is 1. The summed E-state index contributed by atoms with van der Waals surface area (Å²) in [5.41, 5.74) is 6.38. The van der Waals surface area contributed by atoms with Crippen LogP contribution < -0.4 is 10.5 Å². The largest absolute Gasteiger partial charge is 0.428 e. The van der Waals surface area contributed by atoms with Crippen molar-refractivity contribution in [1.82, 2.24) is 9.36 Å². The molecule has 84 valence electrons. The molecule has 0 radical (unpaired) electrons. The van der Waals surface area contributed by atoms with E-state index in [1.54, 1.807) is 12.1 Å². The number of nitrogens with two attached hydrogens (primary N) is 1. The van der Waals surface area contributed by atoms with E-state index in [4.69, 9.17) is 10.5 Å². The third kappa shape index (κ3) is 2.51. The van der Waals surface area contributed by atoms with Gasteiger partial charge < -0.3 is 10.5 Å². The van der Waals surface area contributed by atoms with Gasteiger partial charge in [-0.25, -0.2) is 0 Å². The highest BCUT2D eigenvalue weighted by Crippen LogP contribution is 2.30. The topological polar surface area (TPSA) is 61.0 Å². The van der Waals surface area contributed by atoms with Crippen molar-refractivity contribution in [2.45, 2.75) is 13.3 Å². The fourth-order valence-electron chi connectivity index (χ4n) is 1.13. The Labute approximate surface area is 106 Å². The Hall–Kier alpha value is -1.14. The number of ether oxygens (including phenoxy) is 1. The van der Waals surface area contributed by atoms with Crippen LogP contribution in [0.5, 0.6) is 10.9 Å². The quantitative estimate of drug-likeness (QED) is 0.884. The molecule has 2 aromatic rings. The van der Waals surface area contributed by atoms with E-state index in [0.717, 1.165) is 16.7 Å². The van der Waals surface area contributed by atoms with Crippen molar-refractivity contribution < 1.29 is 4.74 Å². The molecule has 0 atom stereocenters. The minimum absolute atomic E-state index is 0.519. The lowest BCUT2D eigenvalue weighted by Gasteiger charge is -2.04. The normalized spacial score (nSPS) is 10.4. The molecule has 16 heavy (non-hydrogen) atoms. The van der Waals surface area contributed by atoms with Crippen molar-refractivity contribution >= 4 is 33.1 Å². The zero-order chi connectivity index (χ0) is 11.5. The average Bonchev–Trinajstić information content (AvgIpc) is 2.70. The molecule has 0 aliphatic heterocycles. The number of rotatable bonds is 3. The third-order valence-electron chi connectivity index (χ3n) is 1.93. The molecule has 0 amide bonds. The number of aromatic nitrogens is 2. The first-order valence-corrected chi connectivity index (χ1v) is 6.31. The van der Waals surface area contributed by atoms with E-state index >= 15 is 0 Å². The second-order valence-electron chi connectivity index (χ2n) is 3.11. The molecular formula is C10H10BrN3OS. The van der Waals surface area contributed by atoms with E-state index in [2.05, 4.69) is 25.3 Å². The third-order valence-corrected chi connectivity index (χ3v) is 3.06. The average molecular weight is 300 g/mol. The molecule has 1 aromatic carbocycles. The van der Waals surface area contributed by atoms with Crippen LogP contribution in [0.1, 0.15) is 12.7 Å². The van der Waals surface area contributed by atoms with Crippen molar-refractivity contribution in [2.24, 2.45) is 0 Å². The summed E-state index contributed by atoms with van der Waals surface area (Å²) in [4.78, 5) is 4.21. The zero-order valence-corrected chi connectivity index (χ0v) is 11.0. The van der Waals surface area contributed by atoms with E-state index in [9.17, 15) is 0 Å². The summed E-state index contributed by atoms with van der Waals surface area (Å²) in [5.74, 6) is 1.39. The summed E-state index contributed by atoms with van der Waals surface area (Å²) in [7, 11) is 0. The van der Waals surface area contributed by atoms with E-state index < -0.39 is 0 Å². The van der Waals surface area contributed by atoms with Crippen LogP contribution in [0.3, 0.4) is 0 Å². The molecule has 0 saturated carbocycles. The van der Waals surface area contributed by atoms with E-state index in [1.165, 1.54) is 11.5 Å². The molecule has 4 nitrogen and oxygen atoms in total. The van der Waals surface area contributed by atoms with Crippen LogP contribution in [0, 0.1) is 0 Å². The smallest absolute Gasteiger partial charge is 0.298 e. The standard InChI is InChI=1S/C10H10BrN3OS/c1-2-9-13-10(16-14-9)15-8-4-3-6(11)5-7(8)12/h3-5H,2,12H2,1H3. The van der Waals surface area contributed by atoms with Crippen LogP contribution in [-0.4, -0.2) is 9.36 Å². The number of aryl methyl sites for hydroxylation is 1. The predicted octanol–water partition coefficient (Wildman–Crippen LogP) is 3.24. The summed E-state index contributed by atoms with van der Waals surface area (Å²) in [6.07, 6.45) is 0.801. The number of nitrogen functional groups attached to an aromatic ring is 1. The number of nitrogens with zero attached hydrogens (tertiary/aromatic N) is 2. The van der Waals surface area contributed by atoms with Gasteiger partial charge in [-0.05, 0) is 18.2 Å². The second kappa shape index (κ2) is 4.80. The SMILES string of the molecule is CCc1nsc(Oc2ccc(Br)cc2N)n1. The first-order valence-electron chi connectivity index (χ1n) is 4.74. The molecule has 0 saturated heterocycles. The molecule has 0 spiro atoms. The molecule has 1 aromatic heterocycles. The number of anilines is 1. The number of hydrogen-bond donors (Lipinski definition) is 1. The lowest BCUT2D eigenvalue weighted by molar-refractivity contribution is 0.479. The molecule has 1 heterocycles. The molecule has 2 N–H and O–H groups in total. The van der Waals surface area contributed by atoms with Crippen LogP contribution in [0.25, 0.3) is 0 Å². The maximum atomic E-state index is 5.81. The van der Waals surface area contributed by atoms with Crippen molar-refractivity contribution in [3.05, 3.63) is 28.5 Å². The summed E-state index contributed by atoms with van der Waals surface area (Å²) >= 11 is 4.57.